The van der Waals surface area contributed by atoms with Gasteiger partial charge in [0.25, 0.3) is 0 Å². The molecule has 164 valence electrons. The lowest BCUT2D eigenvalue weighted by molar-refractivity contribution is -0.192. The summed E-state index contributed by atoms with van der Waals surface area (Å²) in [7, 11) is -3.16. The van der Waals surface area contributed by atoms with Gasteiger partial charge in [-0.05, 0) is 18.6 Å². The molecule has 0 amide bonds. The Morgan fingerprint density at radius 1 is 1.48 bits per heavy atom. The highest BCUT2D eigenvalue weighted by Gasteiger charge is 2.50. The quantitative estimate of drug-likeness (QED) is 0.683. The number of sulfonamides is 1. The number of hydrogen-bond donors (Lipinski definition) is 2. The monoisotopic (exact) mass is 439 g/mol. The zero-order valence-electron chi connectivity index (χ0n) is 15.9. The van der Waals surface area contributed by atoms with Crippen molar-refractivity contribution in [2.45, 2.75) is 19.6 Å². The SMILES string of the molecule is CCS(=O)(=O)NC[C@]12COC[C@H]1CN(Cc1cccnc1)C2.O=C(O)C(F)(F)F. The smallest absolute Gasteiger partial charge is 0.475 e. The summed E-state index contributed by atoms with van der Waals surface area (Å²) in [6.07, 6.45) is -1.42. The van der Waals surface area contributed by atoms with Crippen LogP contribution in [0.25, 0.3) is 0 Å². The summed E-state index contributed by atoms with van der Waals surface area (Å²) in [6, 6.07) is 4.02. The van der Waals surface area contributed by atoms with E-state index < -0.39 is 22.2 Å². The molecule has 1 aromatic rings. The molecule has 2 aliphatic rings. The molecule has 2 saturated heterocycles. The minimum atomic E-state index is -5.08. The van der Waals surface area contributed by atoms with Gasteiger partial charge in [0.2, 0.25) is 10.0 Å². The van der Waals surface area contributed by atoms with E-state index in [1.165, 1.54) is 5.56 Å². The minimum absolute atomic E-state index is 0.0928. The van der Waals surface area contributed by atoms with Crippen LogP contribution in [0.3, 0.4) is 0 Å². The fourth-order valence-corrected chi connectivity index (χ4v) is 4.13. The number of rotatable bonds is 6. The number of aromatic nitrogens is 1. The molecule has 1 aromatic heterocycles. The third-order valence-corrected chi connectivity index (χ3v) is 6.33. The van der Waals surface area contributed by atoms with Crippen molar-refractivity contribution in [2.24, 2.45) is 11.3 Å². The Balaban J connectivity index is 0.000000370. The summed E-state index contributed by atoms with van der Waals surface area (Å²) in [5.74, 6) is -2.25. The van der Waals surface area contributed by atoms with Crippen molar-refractivity contribution in [3.05, 3.63) is 30.1 Å². The number of carbonyl (C=O) groups is 1. The first-order chi connectivity index (χ1) is 13.5. The molecule has 2 atom stereocenters. The van der Waals surface area contributed by atoms with E-state index in [1.54, 1.807) is 13.1 Å². The van der Waals surface area contributed by atoms with Crippen molar-refractivity contribution in [3.63, 3.8) is 0 Å². The van der Waals surface area contributed by atoms with Crippen molar-refractivity contribution in [3.8, 4) is 0 Å². The minimum Gasteiger partial charge on any atom is -0.475 e. The number of fused-ring (bicyclic) bond motifs is 1. The maximum atomic E-state index is 11.7. The molecule has 12 heteroatoms. The van der Waals surface area contributed by atoms with Crippen LogP contribution in [-0.4, -0.2) is 74.2 Å². The Bertz CT molecular complexity index is 791. The van der Waals surface area contributed by atoms with E-state index in [9.17, 15) is 21.6 Å². The van der Waals surface area contributed by atoms with Crippen LogP contribution >= 0.6 is 0 Å². The number of halogens is 3. The second kappa shape index (κ2) is 9.37. The van der Waals surface area contributed by atoms with Gasteiger partial charge in [0.1, 0.15) is 0 Å². The number of pyridine rings is 1. The van der Waals surface area contributed by atoms with E-state index in [0.717, 1.165) is 26.2 Å². The molecule has 0 radical (unpaired) electrons. The van der Waals surface area contributed by atoms with E-state index >= 15 is 0 Å². The zero-order chi connectivity index (χ0) is 21.7. The van der Waals surface area contributed by atoms with Crippen LogP contribution in [0.15, 0.2) is 24.5 Å². The molecular weight excluding hydrogens is 415 g/mol. The van der Waals surface area contributed by atoms with Crippen LogP contribution in [0.2, 0.25) is 0 Å². The number of hydrogen-bond acceptors (Lipinski definition) is 6. The Kier molecular flexibility index (Phi) is 7.60. The molecular formula is C17H24F3N3O5S. The number of alkyl halides is 3. The van der Waals surface area contributed by atoms with Gasteiger partial charge < -0.3 is 9.84 Å². The highest BCUT2D eigenvalue weighted by molar-refractivity contribution is 7.89. The standard InChI is InChI=1S/C15H23N3O3S.C2HF3O2/c1-2-22(19,20)17-10-15-11-18(8-14(15)9-21-12-15)7-13-4-3-5-16-6-13;3-2(4,5)1(6)7/h3-6,14,17H,2,7-12H2,1H3;(H,6,7)/t14-,15+;/m1./s1. The maximum Gasteiger partial charge on any atom is 0.490 e. The Hall–Kier alpha value is -1.76. The van der Waals surface area contributed by atoms with E-state index in [-0.39, 0.29) is 11.2 Å². The van der Waals surface area contributed by atoms with Crippen LogP contribution in [0.1, 0.15) is 12.5 Å². The van der Waals surface area contributed by atoms with Crippen molar-refractivity contribution in [1.29, 1.82) is 0 Å². The molecule has 0 bridgehead atoms. The molecule has 2 N–H and O–H groups in total. The molecule has 0 spiro atoms. The van der Waals surface area contributed by atoms with Gasteiger partial charge in [-0.2, -0.15) is 13.2 Å². The lowest BCUT2D eigenvalue weighted by Crippen LogP contribution is -2.43. The molecule has 3 rings (SSSR count). The average molecular weight is 439 g/mol. The molecule has 0 saturated carbocycles. The molecule has 0 aliphatic carbocycles. The zero-order valence-corrected chi connectivity index (χ0v) is 16.7. The largest absolute Gasteiger partial charge is 0.490 e. The number of nitrogens with one attached hydrogen (secondary N) is 1. The summed E-state index contributed by atoms with van der Waals surface area (Å²) in [5, 5.41) is 7.12. The van der Waals surface area contributed by atoms with Gasteiger partial charge in [-0.15, -0.1) is 0 Å². The van der Waals surface area contributed by atoms with Gasteiger partial charge in [0.05, 0.1) is 19.0 Å². The third kappa shape index (κ3) is 6.63. The van der Waals surface area contributed by atoms with Crippen LogP contribution in [0.4, 0.5) is 13.2 Å². The lowest BCUT2D eigenvalue weighted by atomic mass is 9.81. The van der Waals surface area contributed by atoms with E-state index in [1.807, 2.05) is 12.3 Å². The van der Waals surface area contributed by atoms with Gasteiger partial charge in [0.15, 0.2) is 0 Å². The summed E-state index contributed by atoms with van der Waals surface area (Å²) >= 11 is 0. The van der Waals surface area contributed by atoms with Gasteiger partial charge >= 0.3 is 12.1 Å². The lowest BCUT2D eigenvalue weighted by Gasteiger charge is -2.27. The second-order valence-electron chi connectivity index (χ2n) is 7.13. The number of aliphatic carboxylic acids is 1. The van der Waals surface area contributed by atoms with Gasteiger partial charge in [-0.3, -0.25) is 9.88 Å². The van der Waals surface area contributed by atoms with Gasteiger partial charge in [-0.25, -0.2) is 17.9 Å². The number of carboxylic acid groups (broad SMARTS) is 1. The number of likely N-dealkylation sites (tertiary alicyclic amines) is 1. The van der Waals surface area contributed by atoms with Crippen molar-refractivity contribution >= 4 is 16.0 Å². The highest BCUT2D eigenvalue weighted by atomic mass is 32.2. The van der Waals surface area contributed by atoms with Crippen molar-refractivity contribution < 1.29 is 36.2 Å². The molecule has 2 fully saturated rings. The molecule has 2 aliphatic heterocycles. The topological polar surface area (TPSA) is 109 Å². The van der Waals surface area contributed by atoms with E-state index in [4.69, 9.17) is 14.6 Å². The van der Waals surface area contributed by atoms with E-state index in [2.05, 4.69) is 20.7 Å². The summed E-state index contributed by atoms with van der Waals surface area (Å²) < 4.78 is 63.6. The predicted octanol–water partition coefficient (Wildman–Crippen LogP) is 1.10. The van der Waals surface area contributed by atoms with Crippen molar-refractivity contribution in [2.75, 3.05) is 38.6 Å². The molecule has 0 aromatic carbocycles. The third-order valence-electron chi connectivity index (χ3n) is 4.99. The number of nitrogens with zero attached hydrogens (tertiary/aromatic N) is 2. The summed E-state index contributed by atoms with van der Waals surface area (Å²) in [4.78, 5) is 15.4. The van der Waals surface area contributed by atoms with Gasteiger partial charge in [0, 0.05) is 49.9 Å². The first kappa shape index (κ1) is 23.5. The average Bonchev–Trinajstić information content (AvgIpc) is 3.18. The second-order valence-corrected chi connectivity index (χ2v) is 9.23. The summed E-state index contributed by atoms with van der Waals surface area (Å²) in [6.45, 7) is 6.14. The Morgan fingerprint density at radius 2 is 2.17 bits per heavy atom. The fraction of sp³-hybridized carbons (Fsp3) is 0.647. The van der Waals surface area contributed by atoms with Crippen LogP contribution in [0.5, 0.6) is 0 Å². The molecule has 0 unspecified atom stereocenters. The Morgan fingerprint density at radius 3 is 2.72 bits per heavy atom. The number of carboxylic acids is 1. The van der Waals surface area contributed by atoms with Gasteiger partial charge in [-0.1, -0.05) is 6.07 Å². The predicted molar refractivity (Wildman–Crippen MR) is 97.4 cm³/mol. The fourth-order valence-electron chi connectivity index (χ4n) is 3.42. The summed E-state index contributed by atoms with van der Waals surface area (Å²) in [5.41, 5.74) is 1.09. The first-order valence-electron chi connectivity index (χ1n) is 8.94. The molecule has 8 nitrogen and oxygen atoms in total. The van der Waals surface area contributed by atoms with Crippen LogP contribution in [0, 0.1) is 11.3 Å². The number of ether oxygens (including phenoxy) is 1. The van der Waals surface area contributed by atoms with Crippen molar-refractivity contribution in [1.82, 2.24) is 14.6 Å². The molecule has 29 heavy (non-hydrogen) atoms. The van der Waals surface area contributed by atoms with Crippen LogP contribution < -0.4 is 4.72 Å². The Labute approximate surface area is 167 Å². The van der Waals surface area contributed by atoms with Crippen LogP contribution in [-0.2, 0) is 26.1 Å². The normalized spacial score (nSPS) is 24.6. The first-order valence-corrected chi connectivity index (χ1v) is 10.6. The maximum absolute atomic E-state index is 11.7. The molecule has 3 heterocycles. The highest BCUT2D eigenvalue weighted by Crippen LogP contribution is 2.41. The van der Waals surface area contributed by atoms with E-state index in [0.29, 0.717) is 19.1 Å².